The summed E-state index contributed by atoms with van der Waals surface area (Å²) in [5.41, 5.74) is 5.99. The van der Waals surface area contributed by atoms with Crippen LogP contribution in [-0.4, -0.2) is 66.5 Å². The smallest absolute Gasteiger partial charge is 0.251 e. The molecular weight excluding hydrogens is 318 g/mol. The fourth-order valence-electron chi connectivity index (χ4n) is 3.83. The van der Waals surface area contributed by atoms with Crippen molar-refractivity contribution in [3.8, 4) is 0 Å². The van der Waals surface area contributed by atoms with Gasteiger partial charge in [0.05, 0.1) is 0 Å². The van der Waals surface area contributed by atoms with Crippen molar-refractivity contribution >= 4 is 24.2 Å². The molecule has 2 saturated heterocycles. The van der Waals surface area contributed by atoms with Gasteiger partial charge in [0.25, 0.3) is 5.91 Å². The summed E-state index contributed by atoms with van der Waals surface area (Å²) >= 11 is 0. The molecule has 6 nitrogen and oxygen atoms in total. The highest BCUT2D eigenvalue weighted by Gasteiger charge is 2.34. The molecule has 1 saturated carbocycles. The Labute approximate surface area is 144 Å². The molecule has 0 spiro atoms. The fraction of sp³-hybridized carbons (Fsp3) is 0.875. The van der Waals surface area contributed by atoms with Gasteiger partial charge in [0.15, 0.2) is 0 Å². The molecule has 2 heterocycles. The van der Waals surface area contributed by atoms with E-state index in [1.54, 1.807) is 0 Å². The summed E-state index contributed by atoms with van der Waals surface area (Å²) in [5, 5.41) is 0. The van der Waals surface area contributed by atoms with Crippen molar-refractivity contribution in [3.05, 3.63) is 0 Å². The van der Waals surface area contributed by atoms with Crippen LogP contribution in [0.4, 0.5) is 0 Å². The number of hydrogen-bond donors (Lipinski definition) is 1. The zero-order valence-corrected chi connectivity index (χ0v) is 14.4. The van der Waals surface area contributed by atoms with Gasteiger partial charge in [-0.25, -0.2) is 0 Å². The maximum Gasteiger partial charge on any atom is 0.251 e. The normalized spacial score (nSPS) is 31.6. The van der Waals surface area contributed by atoms with Gasteiger partial charge in [-0.2, -0.15) is 0 Å². The molecule has 0 aromatic rings. The third-order valence-corrected chi connectivity index (χ3v) is 5.17. The minimum Gasteiger partial charge on any atom is -0.368 e. The van der Waals surface area contributed by atoms with Gasteiger partial charge in [-0.1, -0.05) is 6.42 Å². The summed E-state index contributed by atoms with van der Waals surface area (Å²) in [6.45, 7) is 3.23. The lowest BCUT2D eigenvalue weighted by molar-refractivity contribution is -0.147. The molecule has 0 radical (unpaired) electrons. The van der Waals surface area contributed by atoms with Gasteiger partial charge >= 0.3 is 0 Å². The maximum absolute atomic E-state index is 12.6. The number of halogens is 1. The van der Waals surface area contributed by atoms with E-state index in [2.05, 4.69) is 0 Å². The molecule has 2 aliphatic heterocycles. The number of ether oxygens (including phenoxy) is 1. The van der Waals surface area contributed by atoms with E-state index in [0.717, 1.165) is 38.5 Å². The second kappa shape index (κ2) is 8.31. The van der Waals surface area contributed by atoms with Crippen LogP contribution in [0.1, 0.15) is 38.5 Å². The molecule has 0 aromatic heterocycles. The van der Waals surface area contributed by atoms with Gasteiger partial charge < -0.3 is 20.3 Å². The first kappa shape index (κ1) is 18.5. The Morgan fingerprint density at radius 1 is 0.913 bits per heavy atom. The second-order valence-electron chi connectivity index (χ2n) is 6.78. The molecule has 0 aromatic carbocycles. The van der Waals surface area contributed by atoms with Crippen LogP contribution in [0.3, 0.4) is 0 Å². The van der Waals surface area contributed by atoms with Crippen LogP contribution < -0.4 is 5.73 Å². The Bertz CT molecular complexity index is 421. The summed E-state index contributed by atoms with van der Waals surface area (Å²) in [6, 6.07) is 0.171. The van der Waals surface area contributed by atoms with E-state index in [4.69, 9.17) is 10.5 Å². The van der Waals surface area contributed by atoms with Gasteiger partial charge in [-0.15, -0.1) is 12.4 Å². The van der Waals surface area contributed by atoms with E-state index in [0.29, 0.717) is 32.8 Å². The second-order valence-corrected chi connectivity index (χ2v) is 6.78. The van der Waals surface area contributed by atoms with Crippen molar-refractivity contribution in [2.75, 3.05) is 32.8 Å². The lowest BCUT2D eigenvalue weighted by atomic mass is 9.85. The summed E-state index contributed by atoms with van der Waals surface area (Å²) in [5.74, 6) is 0.424. The predicted molar refractivity (Wildman–Crippen MR) is 89.3 cm³/mol. The molecule has 0 bridgehead atoms. The van der Waals surface area contributed by atoms with Crippen LogP contribution >= 0.6 is 12.4 Å². The van der Waals surface area contributed by atoms with Crippen molar-refractivity contribution in [1.29, 1.82) is 0 Å². The number of carbonyl (C=O) groups excluding carboxylic acids is 2. The Balaban J connectivity index is 0.00000192. The summed E-state index contributed by atoms with van der Waals surface area (Å²) in [4.78, 5) is 28.6. The first-order valence-electron chi connectivity index (χ1n) is 8.60. The molecule has 3 atom stereocenters. The lowest BCUT2D eigenvalue weighted by Gasteiger charge is -2.38. The van der Waals surface area contributed by atoms with Crippen LogP contribution in [0.5, 0.6) is 0 Å². The summed E-state index contributed by atoms with van der Waals surface area (Å²) in [6.07, 6.45) is 5.41. The molecule has 23 heavy (non-hydrogen) atoms. The van der Waals surface area contributed by atoms with Crippen LogP contribution in [-0.2, 0) is 14.3 Å². The average Bonchev–Trinajstić information content (AvgIpc) is 3.08. The minimum atomic E-state index is -0.251. The molecule has 2 amide bonds. The first-order valence-corrected chi connectivity index (χ1v) is 8.60. The summed E-state index contributed by atoms with van der Waals surface area (Å²) < 4.78 is 5.46. The zero-order valence-electron chi connectivity index (χ0n) is 13.6. The van der Waals surface area contributed by atoms with Crippen molar-refractivity contribution < 1.29 is 14.3 Å². The number of nitrogens with zero attached hydrogens (tertiary/aromatic N) is 2. The molecule has 3 aliphatic rings. The standard InChI is InChI=1S/C16H27N3O3.ClH/c17-13-4-1-3-12(11-13)15(20)18-6-8-19(9-7-18)16(21)14-5-2-10-22-14;/h12-14H,1-11,17H2;1H. The number of rotatable bonds is 2. The van der Waals surface area contributed by atoms with Crippen molar-refractivity contribution in [3.63, 3.8) is 0 Å². The molecule has 132 valence electrons. The van der Waals surface area contributed by atoms with Gasteiger partial charge in [-0.3, -0.25) is 9.59 Å². The Kier molecular flexibility index (Phi) is 6.68. The van der Waals surface area contributed by atoms with Crippen molar-refractivity contribution in [2.45, 2.75) is 50.7 Å². The average molecular weight is 346 g/mol. The van der Waals surface area contributed by atoms with Gasteiger partial charge in [-0.05, 0) is 32.1 Å². The van der Waals surface area contributed by atoms with Gasteiger partial charge in [0, 0.05) is 44.7 Å². The predicted octanol–water partition coefficient (Wildman–Crippen LogP) is 0.776. The monoisotopic (exact) mass is 345 g/mol. The highest BCUT2D eigenvalue weighted by molar-refractivity contribution is 5.85. The fourth-order valence-corrected chi connectivity index (χ4v) is 3.83. The zero-order chi connectivity index (χ0) is 15.5. The molecule has 1 aliphatic carbocycles. The van der Waals surface area contributed by atoms with Crippen LogP contribution in [0, 0.1) is 5.92 Å². The highest BCUT2D eigenvalue weighted by atomic mass is 35.5. The van der Waals surface area contributed by atoms with E-state index in [1.165, 1.54) is 0 Å². The summed E-state index contributed by atoms with van der Waals surface area (Å²) in [7, 11) is 0. The highest BCUT2D eigenvalue weighted by Crippen LogP contribution is 2.25. The molecule has 3 fully saturated rings. The quantitative estimate of drug-likeness (QED) is 0.802. The number of amides is 2. The van der Waals surface area contributed by atoms with Crippen LogP contribution in [0.15, 0.2) is 0 Å². The number of carbonyl (C=O) groups is 2. The van der Waals surface area contributed by atoms with Crippen LogP contribution in [0.2, 0.25) is 0 Å². The molecular formula is C16H28ClN3O3. The lowest BCUT2D eigenvalue weighted by Crippen LogP contribution is -2.54. The Morgan fingerprint density at radius 2 is 1.57 bits per heavy atom. The van der Waals surface area contributed by atoms with Crippen molar-refractivity contribution in [1.82, 2.24) is 9.80 Å². The molecule has 7 heteroatoms. The Morgan fingerprint density at radius 3 is 2.13 bits per heavy atom. The third-order valence-electron chi connectivity index (χ3n) is 5.17. The number of hydrogen-bond acceptors (Lipinski definition) is 4. The van der Waals surface area contributed by atoms with E-state index < -0.39 is 0 Å². The molecule has 3 unspecified atom stereocenters. The van der Waals surface area contributed by atoms with Crippen LogP contribution in [0.25, 0.3) is 0 Å². The SMILES string of the molecule is Cl.NC1CCCC(C(=O)N2CCN(C(=O)C3CCCO3)CC2)C1. The number of piperazine rings is 1. The van der Waals surface area contributed by atoms with E-state index in [-0.39, 0.29) is 42.3 Å². The minimum absolute atomic E-state index is 0. The topological polar surface area (TPSA) is 75.9 Å². The Hall–Kier alpha value is -0.850. The molecule has 2 N–H and O–H groups in total. The maximum atomic E-state index is 12.6. The number of nitrogens with two attached hydrogens (primary N) is 1. The van der Waals surface area contributed by atoms with Gasteiger partial charge in [0.2, 0.25) is 5.91 Å². The largest absolute Gasteiger partial charge is 0.368 e. The van der Waals surface area contributed by atoms with Gasteiger partial charge in [0.1, 0.15) is 6.10 Å². The van der Waals surface area contributed by atoms with E-state index in [9.17, 15) is 9.59 Å². The molecule has 3 rings (SSSR count). The first-order chi connectivity index (χ1) is 10.6. The van der Waals surface area contributed by atoms with Crippen molar-refractivity contribution in [2.24, 2.45) is 11.7 Å². The van der Waals surface area contributed by atoms with E-state index in [1.807, 2.05) is 9.80 Å². The van der Waals surface area contributed by atoms with E-state index >= 15 is 0 Å². The third kappa shape index (κ3) is 4.37.